The van der Waals surface area contributed by atoms with Crippen molar-refractivity contribution in [2.75, 3.05) is 5.75 Å². The quantitative estimate of drug-likeness (QED) is 0.466. The van der Waals surface area contributed by atoms with Crippen LogP contribution < -0.4 is 10.3 Å². The Morgan fingerprint density at radius 1 is 1.19 bits per heavy atom. The first-order valence-electron chi connectivity index (χ1n) is 13.6. The largest absolute Gasteiger partial charge is 0.392 e. The van der Waals surface area contributed by atoms with Crippen LogP contribution in [0.1, 0.15) is 69.4 Å². The molecule has 1 aromatic heterocycles. The van der Waals surface area contributed by atoms with Crippen LogP contribution in [0, 0.1) is 34.9 Å². The molecule has 9 heteroatoms. The third-order valence-corrected chi connectivity index (χ3v) is 11.5. The number of aliphatic hydroxyl groups is 1. The van der Waals surface area contributed by atoms with E-state index in [1.807, 2.05) is 10.6 Å². The summed E-state index contributed by atoms with van der Waals surface area (Å²) in [5, 5.41) is 11.7. The van der Waals surface area contributed by atoms with E-state index in [0.717, 1.165) is 62.6 Å². The molecule has 0 saturated heterocycles. The SMILES string of the molecule is O=S(=O)(CC1CCC1)NNC1C2CC3CC1CC(C(O)CC1c4c(F)cccc4-c4cncn41)(C3)C2. The number of benzene rings is 1. The Balaban J connectivity index is 1.08. The van der Waals surface area contributed by atoms with Crippen LogP contribution in [0.2, 0.25) is 0 Å². The zero-order chi connectivity index (χ0) is 24.7. The van der Waals surface area contributed by atoms with Gasteiger partial charge in [0.25, 0.3) is 0 Å². The molecule has 0 amide bonds. The first-order valence-corrected chi connectivity index (χ1v) is 15.2. The van der Waals surface area contributed by atoms with Gasteiger partial charge in [0.2, 0.25) is 10.0 Å². The molecule has 8 rings (SSSR count). The molecule has 6 aliphatic rings. The standard InChI is InChI=1S/C27H35FN4O3S/c28-21-6-2-5-20-23-13-29-15-32(23)22(25(20)21)9-24(33)27-10-17-7-18(11-27)26(19(8-17)12-27)30-31-36(34,35)14-16-3-1-4-16/h2,5-6,13,15-19,22,24,26,30-31,33H,1,3-4,7-12,14H2. The van der Waals surface area contributed by atoms with Crippen molar-refractivity contribution in [1.29, 1.82) is 0 Å². The molecule has 0 radical (unpaired) electrons. The predicted molar refractivity (Wildman–Crippen MR) is 134 cm³/mol. The molecule has 3 N–H and O–H groups in total. The van der Waals surface area contributed by atoms with Crippen molar-refractivity contribution in [2.24, 2.45) is 29.1 Å². The normalized spacial score (nSPS) is 35.4. The Hall–Kier alpha value is -1.81. The van der Waals surface area contributed by atoms with Gasteiger partial charge in [0, 0.05) is 17.2 Å². The number of sulfonamides is 1. The highest BCUT2D eigenvalue weighted by molar-refractivity contribution is 7.89. The van der Waals surface area contributed by atoms with Gasteiger partial charge >= 0.3 is 0 Å². The molecule has 7 nitrogen and oxygen atoms in total. The third-order valence-electron chi connectivity index (χ3n) is 10.2. The summed E-state index contributed by atoms with van der Waals surface area (Å²) in [4.78, 5) is 7.01. The second kappa shape index (κ2) is 8.35. The Morgan fingerprint density at radius 2 is 1.97 bits per heavy atom. The number of aliphatic hydroxyl groups excluding tert-OH is 1. The first-order chi connectivity index (χ1) is 17.3. The summed E-state index contributed by atoms with van der Waals surface area (Å²) in [6, 6.07) is 5.03. The summed E-state index contributed by atoms with van der Waals surface area (Å²) in [5.74, 6) is 1.53. The lowest BCUT2D eigenvalue weighted by Crippen LogP contribution is -2.63. The monoisotopic (exact) mass is 514 g/mol. The van der Waals surface area contributed by atoms with E-state index in [2.05, 4.69) is 15.2 Å². The number of rotatable bonds is 8. The number of halogens is 1. The summed E-state index contributed by atoms with van der Waals surface area (Å²) >= 11 is 0. The fourth-order valence-electron chi connectivity index (χ4n) is 8.59. The lowest BCUT2D eigenvalue weighted by Gasteiger charge is -2.61. The van der Waals surface area contributed by atoms with E-state index in [-0.39, 0.29) is 29.1 Å². The number of hydrogen-bond acceptors (Lipinski definition) is 5. The maximum atomic E-state index is 15.0. The molecule has 2 heterocycles. The molecule has 4 atom stereocenters. The third kappa shape index (κ3) is 3.68. The van der Waals surface area contributed by atoms with E-state index in [9.17, 15) is 17.9 Å². The average molecular weight is 515 g/mol. The molecule has 5 aliphatic carbocycles. The van der Waals surface area contributed by atoms with Gasteiger partial charge in [0.1, 0.15) is 5.82 Å². The summed E-state index contributed by atoms with van der Waals surface area (Å²) in [6.45, 7) is 0. The molecule has 36 heavy (non-hydrogen) atoms. The second-order valence-electron chi connectivity index (χ2n) is 12.3. The smallest absolute Gasteiger partial charge is 0.224 e. The number of fused-ring (bicyclic) bond motifs is 3. The van der Waals surface area contributed by atoms with Crippen molar-refractivity contribution in [3.63, 3.8) is 0 Å². The summed E-state index contributed by atoms with van der Waals surface area (Å²) < 4.78 is 42.1. The lowest BCUT2D eigenvalue weighted by atomic mass is 9.46. The summed E-state index contributed by atoms with van der Waals surface area (Å²) in [7, 11) is -3.33. The summed E-state index contributed by atoms with van der Waals surface area (Å²) in [6.07, 6.45) is 11.5. The number of nitrogens with zero attached hydrogens (tertiary/aromatic N) is 2. The van der Waals surface area contributed by atoms with Crippen LogP contribution in [0.3, 0.4) is 0 Å². The van der Waals surface area contributed by atoms with Crippen molar-refractivity contribution in [2.45, 2.75) is 76.0 Å². The lowest BCUT2D eigenvalue weighted by molar-refractivity contribution is -0.138. The molecule has 4 bridgehead atoms. The van der Waals surface area contributed by atoms with Crippen LogP contribution in [0.25, 0.3) is 11.3 Å². The Labute approximate surface area is 211 Å². The van der Waals surface area contributed by atoms with Crippen molar-refractivity contribution in [1.82, 2.24) is 19.8 Å². The van der Waals surface area contributed by atoms with E-state index < -0.39 is 16.1 Å². The van der Waals surface area contributed by atoms with Crippen molar-refractivity contribution in [3.8, 4) is 11.3 Å². The van der Waals surface area contributed by atoms with E-state index in [1.54, 1.807) is 18.6 Å². The highest BCUT2D eigenvalue weighted by atomic mass is 32.2. The van der Waals surface area contributed by atoms with Gasteiger partial charge in [-0.3, -0.25) is 0 Å². The van der Waals surface area contributed by atoms with Crippen LogP contribution in [0.4, 0.5) is 4.39 Å². The molecule has 5 saturated carbocycles. The number of nitrogens with one attached hydrogen (secondary N) is 2. The van der Waals surface area contributed by atoms with Gasteiger partial charge < -0.3 is 9.67 Å². The maximum absolute atomic E-state index is 15.0. The minimum atomic E-state index is -3.33. The minimum Gasteiger partial charge on any atom is -0.392 e. The van der Waals surface area contributed by atoms with E-state index >= 15 is 0 Å². The van der Waals surface area contributed by atoms with Crippen LogP contribution in [0.15, 0.2) is 30.7 Å². The zero-order valence-electron chi connectivity index (χ0n) is 20.4. The van der Waals surface area contributed by atoms with Gasteiger partial charge in [0.15, 0.2) is 0 Å². The predicted octanol–water partition coefficient (Wildman–Crippen LogP) is 3.76. The fourth-order valence-corrected chi connectivity index (χ4v) is 9.95. The molecule has 0 spiro atoms. The van der Waals surface area contributed by atoms with Gasteiger partial charge in [-0.25, -0.2) is 23.2 Å². The molecule has 5 fully saturated rings. The molecule has 4 unspecified atom stereocenters. The van der Waals surface area contributed by atoms with Gasteiger partial charge in [0.05, 0.1) is 36.1 Å². The minimum absolute atomic E-state index is 0.114. The van der Waals surface area contributed by atoms with Crippen molar-refractivity contribution >= 4 is 10.0 Å². The number of hydrogen-bond donors (Lipinski definition) is 3. The Kier molecular flexibility index (Phi) is 5.41. The fraction of sp³-hybridized carbons (Fsp3) is 0.667. The number of aromatic nitrogens is 2. The summed E-state index contributed by atoms with van der Waals surface area (Å²) in [5.41, 5.74) is 5.49. The Morgan fingerprint density at radius 3 is 2.69 bits per heavy atom. The highest BCUT2D eigenvalue weighted by Gasteiger charge is 2.58. The molecule has 1 aliphatic heterocycles. The van der Waals surface area contributed by atoms with Crippen LogP contribution in [-0.4, -0.2) is 41.0 Å². The van der Waals surface area contributed by atoms with E-state index in [1.165, 1.54) is 6.07 Å². The van der Waals surface area contributed by atoms with Gasteiger partial charge in [-0.05, 0) is 86.5 Å². The average Bonchev–Trinajstić information content (AvgIpc) is 3.39. The van der Waals surface area contributed by atoms with Crippen LogP contribution in [-0.2, 0) is 10.0 Å². The highest BCUT2D eigenvalue weighted by Crippen LogP contribution is 2.62. The van der Waals surface area contributed by atoms with Crippen LogP contribution in [0.5, 0.6) is 0 Å². The van der Waals surface area contributed by atoms with Gasteiger partial charge in [-0.2, -0.15) is 4.83 Å². The maximum Gasteiger partial charge on any atom is 0.224 e. The van der Waals surface area contributed by atoms with Crippen molar-refractivity contribution in [3.05, 3.63) is 42.1 Å². The molecule has 1 aromatic carbocycles. The van der Waals surface area contributed by atoms with Gasteiger partial charge in [-0.15, -0.1) is 0 Å². The van der Waals surface area contributed by atoms with E-state index in [0.29, 0.717) is 35.7 Å². The number of imidazole rings is 1. The zero-order valence-corrected chi connectivity index (χ0v) is 21.3. The molecule has 194 valence electrons. The van der Waals surface area contributed by atoms with Gasteiger partial charge in [-0.1, -0.05) is 18.6 Å². The second-order valence-corrected chi connectivity index (χ2v) is 14.1. The van der Waals surface area contributed by atoms with Crippen LogP contribution >= 0.6 is 0 Å². The molecular weight excluding hydrogens is 479 g/mol. The Bertz CT molecular complexity index is 1260. The number of hydrazine groups is 1. The topological polar surface area (TPSA) is 96.2 Å². The molecule has 2 aromatic rings. The van der Waals surface area contributed by atoms with E-state index in [4.69, 9.17) is 0 Å². The molecular formula is C27H35FN4O3S. The van der Waals surface area contributed by atoms with Crippen molar-refractivity contribution < 1.29 is 17.9 Å². The first kappa shape index (κ1) is 23.3.